The highest BCUT2D eigenvalue weighted by Gasteiger charge is 1.80. The standard InChI is InChI=1S/C3H3ClN2O/c4-6-2-1-3(7)5-6/h1-2H,(H,5,7). The molecular formula is C3H3ClN2O. The molecule has 0 bridgehead atoms. The van der Waals surface area contributed by atoms with Crippen molar-refractivity contribution in [1.82, 2.24) is 9.30 Å². The molecule has 1 rings (SSSR count). The topological polar surface area (TPSA) is 37.8 Å². The molecule has 7 heavy (non-hydrogen) atoms. The van der Waals surface area contributed by atoms with Crippen molar-refractivity contribution < 1.29 is 0 Å². The SMILES string of the molecule is O=c1ccn(Cl)[nH]1. The Labute approximate surface area is 44.6 Å². The van der Waals surface area contributed by atoms with Crippen LogP contribution in [-0.2, 0) is 0 Å². The van der Waals surface area contributed by atoms with Crippen molar-refractivity contribution in [1.29, 1.82) is 0 Å². The van der Waals surface area contributed by atoms with Gasteiger partial charge in [-0.3, -0.25) is 4.79 Å². The van der Waals surface area contributed by atoms with Gasteiger partial charge in [0.2, 0.25) is 0 Å². The highest BCUT2D eigenvalue weighted by molar-refractivity contribution is 6.14. The Morgan fingerprint density at radius 3 is 2.71 bits per heavy atom. The third-order valence-corrected chi connectivity index (χ3v) is 0.771. The lowest BCUT2D eigenvalue weighted by Gasteiger charge is -1.75. The molecule has 0 aromatic carbocycles. The minimum Gasteiger partial charge on any atom is -0.268 e. The lowest BCUT2D eigenvalue weighted by atomic mass is 10.7. The van der Waals surface area contributed by atoms with Crippen molar-refractivity contribution in [2.75, 3.05) is 0 Å². The molecule has 1 heterocycles. The van der Waals surface area contributed by atoms with Crippen LogP contribution in [0.5, 0.6) is 0 Å². The summed E-state index contributed by atoms with van der Waals surface area (Å²) in [5, 5.41) is 2.27. The minimum absolute atomic E-state index is 0.185. The average Bonchev–Trinajstić information content (AvgIpc) is 1.87. The smallest absolute Gasteiger partial charge is 0.265 e. The number of aromatic nitrogens is 2. The van der Waals surface area contributed by atoms with Gasteiger partial charge in [0.25, 0.3) is 5.56 Å². The molecule has 1 N–H and O–H groups in total. The van der Waals surface area contributed by atoms with Crippen LogP contribution in [0.1, 0.15) is 0 Å². The van der Waals surface area contributed by atoms with Gasteiger partial charge in [0.1, 0.15) is 0 Å². The predicted octanol–water partition coefficient (Wildman–Crippen LogP) is 0.178. The summed E-state index contributed by atoms with van der Waals surface area (Å²) in [5.41, 5.74) is -0.185. The summed E-state index contributed by atoms with van der Waals surface area (Å²) in [6.45, 7) is 0. The molecule has 0 fully saturated rings. The first kappa shape index (κ1) is 4.46. The Kier molecular flexibility index (Phi) is 0.906. The Balaban J connectivity index is 3.30. The normalized spacial score (nSPS) is 9.29. The van der Waals surface area contributed by atoms with E-state index >= 15 is 0 Å². The second kappa shape index (κ2) is 1.42. The van der Waals surface area contributed by atoms with Crippen LogP contribution in [0.4, 0.5) is 0 Å². The Hall–Kier alpha value is -0.700. The van der Waals surface area contributed by atoms with Gasteiger partial charge < -0.3 is 0 Å². The molecule has 38 valence electrons. The number of hydrogen-bond acceptors (Lipinski definition) is 1. The first-order valence-corrected chi connectivity index (χ1v) is 2.07. The second-order valence-corrected chi connectivity index (χ2v) is 1.47. The molecule has 0 aliphatic rings. The van der Waals surface area contributed by atoms with E-state index in [1.807, 2.05) is 0 Å². The minimum atomic E-state index is -0.185. The van der Waals surface area contributed by atoms with Crippen LogP contribution in [0.15, 0.2) is 17.1 Å². The van der Waals surface area contributed by atoms with Gasteiger partial charge in [0.05, 0.1) is 0 Å². The number of hydrogen-bond donors (Lipinski definition) is 1. The zero-order chi connectivity index (χ0) is 5.28. The molecule has 0 aliphatic heterocycles. The number of nitrogens with zero attached hydrogens (tertiary/aromatic N) is 1. The van der Waals surface area contributed by atoms with Crippen LogP contribution < -0.4 is 5.56 Å². The van der Waals surface area contributed by atoms with Crippen molar-refractivity contribution >= 4 is 11.8 Å². The molecule has 0 amide bonds. The lowest BCUT2D eigenvalue weighted by molar-refractivity contribution is 0.968. The highest BCUT2D eigenvalue weighted by Crippen LogP contribution is 1.76. The van der Waals surface area contributed by atoms with Crippen molar-refractivity contribution in [3.8, 4) is 0 Å². The molecule has 0 aliphatic carbocycles. The molecule has 4 heteroatoms. The summed E-state index contributed by atoms with van der Waals surface area (Å²) < 4.78 is 1.07. The van der Waals surface area contributed by atoms with E-state index in [1.165, 1.54) is 12.3 Å². The Morgan fingerprint density at radius 1 is 1.86 bits per heavy atom. The largest absolute Gasteiger partial charge is 0.268 e. The van der Waals surface area contributed by atoms with E-state index in [-0.39, 0.29) is 5.56 Å². The molecule has 0 saturated heterocycles. The number of halogens is 1. The molecule has 3 nitrogen and oxygen atoms in total. The number of aromatic amines is 1. The van der Waals surface area contributed by atoms with E-state index in [4.69, 9.17) is 11.8 Å². The zero-order valence-corrected chi connectivity index (χ0v) is 4.14. The summed E-state index contributed by atoms with van der Waals surface area (Å²) in [4.78, 5) is 10.1. The molecule has 0 saturated carbocycles. The second-order valence-electron chi connectivity index (χ2n) is 1.10. The van der Waals surface area contributed by atoms with Crippen LogP contribution in [0.25, 0.3) is 0 Å². The van der Waals surface area contributed by atoms with Gasteiger partial charge in [-0.25, -0.2) is 9.30 Å². The number of rotatable bonds is 0. The summed E-state index contributed by atoms with van der Waals surface area (Å²) >= 11 is 5.22. The number of nitrogens with one attached hydrogen (secondary N) is 1. The van der Waals surface area contributed by atoms with Gasteiger partial charge in [-0.05, 0) is 0 Å². The summed E-state index contributed by atoms with van der Waals surface area (Å²) in [7, 11) is 0. The first-order chi connectivity index (χ1) is 3.29. The maximum Gasteiger partial charge on any atom is 0.265 e. The van der Waals surface area contributed by atoms with E-state index in [0.29, 0.717) is 0 Å². The van der Waals surface area contributed by atoms with Gasteiger partial charge in [-0.15, -0.1) is 0 Å². The van der Waals surface area contributed by atoms with Gasteiger partial charge in [-0.2, -0.15) is 0 Å². The Bertz CT molecular complexity index is 201. The molecule has 0 radical (unpaired) electrons. The summed E-state index contributed by atoms with van der Waals surface area (Å²) in [5.74, 6) is 0. The van der Waals surface area contributed by atoms with E-state index in [9.17, 15) is 4.79 Å². The van der Waals surface area contributed by atoms with Crippen molar-refractivity contribution in [3.05, 3.63) is 22.6 Å². The van der Waals surface area contributed by atoms with E-state index < -0.39 is 0 Å². The quantitative estimate of drug-likeness (QED) is 0.519. The summed E-state index contributed by atoms with van der Waals surface area (Å²) in [6.07, 6.45) is 1.43. The average molecular weight is 119 g/mol. The predicted molar refractivity (Wildman–Crippen MR) is 26.3 cm³/mol. The van der Waals surface area contributed by atoms with Crippen LogP contribution in [0, 0.1) is 0 Å². The van der Waals surface area contributed by atoms with Crippen LogP contribution in [-0.4, -0.2) is 9.30 Å². The maximum absolute atomic E-state index is 10.1. The van der Waals surface area contributed by atoms with Crippen LogP contribution >= 0.6 is 11.8 Å². The third-order valence-electron chi connectivity index (χ3n) is 0.574. The lowest BCUT2D eigenvalue weighted by Crippen LogP contribution is -1.97. The van der Waals surface area contributed by atoms with Crippen molar-refractivity contribution in [2.45, 2.75) is 0 Å². The van der Waals surface area contributed by atoms with Gasteiger partial charge >= 0.3 is 0 Å². The molecule has 0 atom stereocenters. The van der Waals surface area contributed by atoms with E-state index in [0.717, 1.165) is 4.20 Å². The van der Waals surface area contributed by atoms with Crippen molar-refractivity contribution in [2.24, 2.45) is 0 Å². The fraction of sp³-hybridized carbons (Fsp3) is 0. The van der Waals surface area contributed by atoms with Crippen molar-refractivity contribution in [3.63, 3.8) is 0 Å². The summed E-state index contributed by atoms with van der Waals surface area (Å²) in [6, 6.07) is 1.34. The first-order valence-electron chi connectivity index (χ1n) is 1.73. The molecule has 1 aromatic rings. The third kappa shape index (κ3) is 0.838. The van der Waals surface area contributed by atoms with Gasteiger partial charge in [0.15, 0.2) is 0 Å². The zero-order valence-electron chi connectivity index (χ0n) is 3.39. The fourth-order valence-corrected chi connectivity index (χ4v) is 0.453. The Morgan fingerprint density at radius 2 is 2.57 bits per heavy atom. The van der Waals surface area contributed by atoms with Crippen LogP contribution in [0.3, 0.4) is 0 Å². The van der Waals surface area contributed by atoms with E-state index in [1.54, 1.807) is 0 Å². The molecule has 0 unspecified atom stereocenters. The van der Waals surface area contributed by atoms with E-state index in [2.05, 4.69) is 5.10 Å². The van der Waals surface area contributed by atoms with Gasteiger partial charge in [-0.1, -0.05) is 0 Å². The van der Waals surface area contributed by atoms with Crippen LogP contribution in [0.2, 0.25) is 0 Å². The highest BCUT2D eigenvalue weighted by atomic mass is 35.5. The monoisotopic (exact) mass is 118 g/mol. The fourth-order valence-electron chi connectivity index (χ4n) is 0.313. The molecular weight excluding hydrogens is 115 g/mol. The molecule has 1 aromatic heterocycles. The maximum atomic E-state index is 10.1. The number of H-pyrrole nitrogens is 1. The molecule has 0 spiro atoms. The van der Waals surface area contributed by atoms with Gasteiger partial charge in [0, 0.05) is 24.0 Å².